The Bertz CT molecular complexity index is 1150. The molecule has 0 spiro atoms. The molecule has 3 rings (SSSR count). The third kappa shape index (κ3) is 6.00. The number of aromatic nitrogens is 3. The topological polar surface area (TPSA) is 86.1 Å². The fourth-order valence-electron chi connectivity index (χ4n) is 3.11. The molecule has 0 atom stereocenters. The van der Waals surface area contributed by atoms with Gasteiger partial charge in [-0.15, -0.1) is 0 Å². The van der Waals surface area contributed by atoms with Crippen molar-refractivity contribution >= 4 is 17.5 Å². The lowest BCUT2D eigenvalue weighted by Crippen LogP contribution is -2.12. The Hall–Kier alpha value is -3.55. The number of rotatable bonds is 7. The highest BCUT2D eigenvalue weighted by Gasteiger charge is 2.20. The van der Waals surface area contributed by atoms with Gasteiger partial charge in [-0.25, -0.2) is 9.37 Å². The van der Waals surface area contributed by atoms with E-state index in [2.05, 4.69) is 36.2 Å². The summed E-state index contributed by atoms with van der Waals surface area (Å²) in [4.78, 5) is 27.7. The number of halogens is 1. The molecule has 32 heavy (non-hydrogen) atoms. The van der Waals surface area contributed by atoms with Crippen LogP contribution in [0.25, 0.3) is 0 Å². The van der Waals surface area contributed by atoms with E-state index in [0.29, 0.717) is 17.1 Å². The van der Waals surface area contributed by atoms with Gasteiger partial charge in [0.2, 0.25) is 5.91 Å². The van der Waals surface area contributed by atoms with Crippen molar-refractivity contribution in [2.24, 2.45) is 7.05 Å². The lowest BCUT2D eigenvalue weighted by molar-refractivity contribution is -0.118. The molecule has 0 bridgehead atoms. The van der Waals surface area contributed by atoms with Crippen molar-refractivity contribution in [3.63, 3.8) is 0 Å². The molecular weight excluding hydrogens is 411 g/mol. The van der Waals surface area contributed by atoms with Crippen LogP contribution in [0.2, 0.25) is 0 Å². The molecule has 0 radical (unpaired) electrons. The number of anilines is 1. The van der Waals surface area contributed by atoms with Crippen molar-refractivity contribution in [2.45, 2.75) is 46.0 Å². The minimum absolute atomic E-state index is 0.0237. The van der Waals surface area contributed by atoms with Crippen LogP contribution in [0.3, 0.4) is 0 Å². The maximum Gasteiger partial charge on any atom is 0.222 e. The largest absolute Gasteiger partial charge is 0.457 e. The number of carbonyl (C=O) groups excluding carboxylic acids is 2. The molecule has 8 heteroatoms. The van der Waals surface area contributed by atoms with Gasteiger partial charge in [-0.1, -0.05) is 26.8 Å². The summed E-state index contributed by atoms with van der Waals surface area (Å²) < 4.78 is 22.0. The molecule has 1 aromatic carbocycles. The van der Waals surface area contributed by atoms with E-state index in [-0.39, 0.29) is 35.7 Å². The minimum Gasteiger partial charge on any atom is -0.457 e. The molecule has 0 saturated carbocycles. The lowest BCUT2D eigenvalue weighted by atomic mass is 9.92. The van der Waals surface area contributed by atoms with Gasteiger partial charge in [0.1, 0.15) is 28.9 Å². The average molecular weight is 439 g/mol. The minimum atomic E-state index is -0.521. The molecule has 0 aliphatic rings. The fourth-order valence-corrected chi connectivity index (χ4v) is 3.11. The first-order valence-electron chi connectivity index (χ1n) is 10.3. The average Bonchev–Trinajstić information content (AvgIpc) is 3.04. The van der Waals surface area contributed by atoms with E-state index in [4.69, 9.17) is 4.74 Å². The molecule has 0 saturated heterocycles. The summed E-state index contributed by atoms with van der Waals surface area (Å²) in [5.74, 6) is 0.137. The van der Waals surface area contributed by atoms with E-state index in [1.54, 1.807) is 29.9 Å². The van der Waals surface area contributed by atoms with Gasteiger partial charge < -0.3 is 10.1 Å². The summed E-state index contributed by atoms with van der Waals surface area (Å²) in [6, 6.07) is 9.45. The van der Waals surface area contributed by atoms with Gasteiger partial charge in [0, 0.05) is 56.3 Å². The Balaban J connectivity index is 1.66. The molecule has 1 amide bonds. The number of hydrogen-bond acceptors (Lipinski definition) is 5. The maximum atomic E-state index is 14.6. The monoisotopic (exact) mass is 438 g/mol. The van der Waals surface area contributed by atoms with Crippen molar-refractivity contribution in [2.75, 3.05) is 5.32 Å². The van der Waals surface area contributed by atoms with E-state index >= 15 is 0 Å². The second-order valence-electron chi connectivity index (χ2n) is 8.70. The van der Waals surface area contributed by atoms with Crippen LogP contribution in [0.15, 0.2) is 42.6 Å². The number of Topliss-reactive ketones (excluding diaryl/α,β-unsaturated/α-hetero) is 1. The summed E-state index contributed by atoms with van der Waals surface area (Å²) in [5, 5.41) is 7.04. The van der Waals surface area contributed by atoms with E-state index in [0.717, 1.165) is 11.4 Å². The smallest absolute Gasteiger partial charge is 0.222 e. The van der Waals surface area contributed by atoms with E-state index in [1.807, 2.05) is 6.07 Å². The molecule has 2 heterocycles. The third-order valence-electron chi connectivity index (χ3n) is 4.81. The Morgan fingerprint density at radius 3 is 2.44 bits per heavy atom. The number of hydrogen-bond donors (Lipinski definition) is 1. The summed E-state index contributed by atoms with van der Waals surface area (Å²) in [7, 11) is 1.81. The second-order valence-corrected chi connectivity index (χ2v) is 8.70. The molecule has 168 valence electrons. The Morgan fingerprint density at radius 2 is 1.81 bits per heavy atom. The third-order valence-corrected chi connectivity index (χ3v) is 4.81. The SMILES string of the molecule is CC(=O)Nc1cc(Oc2ccc(CC(=O)Cc3cc(C(C)(C)C)nn3C)c(F)c2)ccn1. The van der Waals surface area contributed by atoms with Crippen LogP contribution in [0.4, 0.5) is 10.2 Å². The van der Waals surface area contributed by atoms with E-state index in [1.165, 1.54) is 25.3 Å². The molecular formula is C24H27FN4O3. The Morgan fingerprint density at radius 1 is 1.09 bits per heavy atom. The Labute approximate surface area is 186 Å². The highest BCUT2D eigenvalue weighted by molar-refractivity contribution is 5.87. The van der Waals surface area contributed by atoms with Gasteiger partial charge in [0.25, 0.3) is 0 Å². The number of aryl methyl sites for hydroxylation is 1. The quantitative estimate of drug-likeness (QED) is 0.592. The lowest BCUT2D eigenvalue weighted by Gasteiger charge is -2.13. The van der Waals surface area contributed by atoms with Crippen molar-refractivity contribution in [3.05, 3.63) is 65.4 Å². The number of amides is 1. The number of nitrogens with one attached hydrogen (secondary N) is 1. The van der Waals surface area contributed by atoms with Crippen LogP contribution in [-0.2, 0) is 34.9 Å². The molecule has 3 aromatic rings. The summed E-state index contributed by atoms with van der Waals surface area (Å²) in [6.45, 7) is 7.56. The molecule has 1 N–H and O–H groups in total. The molecule has 0 fully saturated rings. The zero-order valence-electron chi connectivity index (χ0n) is 18.9. The van der Waals surface area contributed by atoms with Crippen LogP contribution in [-0.4, -0.2) is 26.5 Å². The zero-order chi connectivity index (χ0) is 23.5. The Kier molecular flexibility index (Phi) is 6.72. The highest BCUT2D eigenvalue weighted by atomic mass is 19.1. The first-order valence-corrected chi connectivity index (χ1v) is 10.3. The van der Waals surface area contributed by atoms with Crippen LogP contribution in [0, 0.1) is 5.82 Å². The first-order chi connectivity index (χ1) is 15.0. The first kappa shape index (κ1) is 23.1. The van der Waals surface area contributed by atoms with Crippen LogP contribution < -0.4 is 10.1 Å². The highest BCUT2D eigenvalue weighted by Crippen LogP contribution is 2.26. The summed E-state index contributed by atoms with van der Waals surface area (Å²) in [5.41, 5.74) is 1.90. The summed E-state index contributed by atoms with van der Waals surface area (Å²) >= 11 is 0. The zero-order valence-corrected chi connectivity index (χ0v) is 18.9. The van der Waals surface area contributed by atoms with Gasteiger partial charge in [0.15, 0.2) is 0 Å². The van der Waals surface area contributed by atoms with Crippen molar-refractivity contribution in [1.82, 2.24) is 14.8 Å². The van der Waals surface area contributed by atoms with Crippen molar-refractivity contribution < 1.29 is 18.7 Å². The number of ether oxygens (including phenoxy) is 1. The standard InChI is InChI=1S/C24H27FN4O3/c1-15(30)27-23-14-20(8-9-26-23)32-19-7-6-16(21(25)13-19)10-18(31)11-17-12-22(24(2,3)4)28-29(17)5/h6-9,12-14H,10-11H2,1-5H3,(H,26,27,30). The number of pyridine rings is 1. The molecule has 7 nitrogen and oxygen atoms in total. The number of nitrogens with zero attached hydrogens (tertiary/aromatic N) is 3. The molecule has 0 unspecified atom stereocenters. The van der Waals surface area contributed by atoms with Crippen LogP contribution >= 0.6 is 0 Å². The number of benzene rings is 1. The normalized spacial score (nSPS) is 11.3. The van der Waals surface area contributed by atoms with E-state index in [9.17, 15) is 14.0 Å². The summed E-state index contributed by atoms with van der Waals surface area (Å²) in [6.07, 6.45) is 1.64. The van der Waals surface area contributed by atoms with Gasteiger partial charge >= 0.3 is 0 Å². The molecule has 0 aliphatic heterocycles. The van der Waals surface area contributed by atoms with Gasteiger partial charge in [0.05, 0.1) is 5.69 Å². The molecule has 0 aliphatic carbocycles. The second kappa shape index (κ2) is 9.30. The van der Waals surface area contributed by atoms with Crippen molar-refractivity contribution in [3.8, 4) is 11.5 Å². The number of ketones is 1. The predicted octanol–water partition coefficient (Wildman–Crippen LogP) is 4.36. The van der Waals surface area contributed by atoms with Crippen molar-refractivity contribution in [1.29, 1.82) is 0 Å². The maximum absolute atomic E-state index is 14.6. The van der Waals surface area contributed by atoms with Crippen LogP contribution in [0.1, 0.15) is 44.6 Å². The van der Waals surface area contributed by atoms with Gasteiger partial charge in [-0.05, 0) is 23.8 Å². The molecule has 2 aromatic heterocycles. The fraction of sp³-hybridized carbons (Fsp3) is 0.333. The van der Waals surface area contributed by atoms with Gasteiger partial charge in [-0.2, -0.15) is 5.10 Å². The van der Waals surface area contributed by atoms with Crippen LogP contribution in [0.5, 0.6) is 11.5 Å². The van der Waals surface area contributed by atoms with Gasteiger partial charge in [-0.3, -0.25) is 14.3 Å². The predicted molar refractivity (Wildman–Crippen MR) is 119 cm³/mol. The van der Waals surface area contributed by atoms with E-state index < -0.39 is 5.82 Å². The number of carbonyl (C=O) groups is 2.